The van der Waals surface area contributed by atoms with Crippen LogP contribution >= 0.6 is 0 Å². The molecule has 0 spiro atoms. The maximum atomic E-state index is 12.9. The Kier molecular flexibility index (Phi) is 5.08. The number of rotatable bonds is 3. The van der Waals surface area contributed by atoms with Gasteiger partial charge in [-0.2, -0.15) is 13.2 Å². The first-order valence-corrected chi connectivity index (χ1v) is 9.30. The SMILES string of the molecule is O=C(Cc1cccc2ccccc12)N1CCN(c2cc(C(F)(F)F)ncn2)CC1. The molecule has 150 valence electrons. The average molecular weight is 400 g/mol. The molecule has 0 N–H and O–H groups in total. The molecule has 1 aliphatic heterocycles. The van der Waals surface area contributed by atoms with Crippen molar-refractivity contribution >= 4 is 22.5 Å². The number of fused-ring (bicyclic) bond motifs is 1. The van der Waals surface area contributed by atoms with Crippen molar-refractivity contribution in [3.63, 3.8) is 0 Å². The van der Waals surface area contributed by atoms with Gasteiger partial charge in [0.2, 0.25) is 5.91 Å². The molecule has 0 saturated carbocycles. The minimum Gasteiger partial charge on any atom is -0.353 e. The van der Waals surface area contributed by atoms with Gasteiger partial charge in [-0.05, 0) is 16.3 Å². The van der Waals surface area contributed by atoms with Gasteiger partial charge in [0.25, 0.3) is 0 Å². The highest BCUT2D eigenvalue weighted by Gasteiger charge is 2.33. The fourth-order valence-corrected chi connectivity index (χ4v) is 3.58. The lowest BCUT2D eigenvalue weighted by Gasteiger charge is -2.35. The zero-order valence-corrected chi connectivity index (χ0v) is 15.6. The largest absolute Gasteiger partial charge is 0.433 e. The number of piperazine rings is 1. The number of amides is 1. The molecule has 1 amide bonds. The quantitative estimate of drug-likeness (QED) is 0.675. The molecule has 4 rings (SSSR count). The smallest absolute Gasteiger partial charge is 0.353 e. The van der Waals surface area contributed by atoms with Gasteiger partial charge in [-0.3, -0.25) is 4.79 Å². The average Bonchev–Trinajstić information content (AvgIpc) is 2.73. The Bertz CT molecular complexity index is 1020. The maximum absolute atomic E-state index is 12.9. The molecule has 0 unspecified atom stereocenters. The van der Waals surface area contributed by atoms with Crippen molar-refractivity contribution in [1.29, 1.82) is 0 Å². The predicted octanol–water partition coefficient (Wildman–Crippen LogP) is 3.54. The van der Waals surface area contributed by atoms with E-state index in [0.717, 1.165) is 28.7 Å². The van der Waals surface area contributed by atoms with Gasteiger partial charge in [0.1, 0.15) is 17.8 Å². The van der Waals surface area contributed by atoms with E-state index < -0.39 is 11.9 Å². The van der Waals surface area contributed by atoms with Gasteiger partial charge in [-0.15, -0.1) is 0 Å². The molecule has 0 aliphatic carbocycles. The number of aromatic nitrogens is 2. The van der Waals surface area contributed by atoms with Crippen LogP contribution in [-0.2, 0) is 17.4 Å². The first-order valence-electron chi connectivity index (χ1n) is 9.30. The fourth-order valence-electron chi connectivity index (χ4n) is 3.58. The normalized spacial score (nSPS) is 15.0. The number of anilines is 1. The lowest BCUT2D eigenvalue weighted by molar-refractivity contribution is -0.141. The van der Waals surface area contributed by atoms with Gasteiger partial charge < -0.3 is 9.80 Å². The summed E-state index contributed by atoms with van der Waals surface area (Å²) in [4.78, 5) is 23.5. The second-order valence-electron chi connectivity index (χ2n) is 6.94. The molecule has 0 radical (unpaired) electrons. The second-order valence-corrected chi connectivity index (χ2v) is 6.94. The van der Waals surface area contributed by atoms with Crippen LogP contribution in [0.4, 0.5) is 19.0 Å². The molecule has 0 bridgehead atoms. The molecule has 1 aromatic heterocycles. The van der Waals surface area contributed by atoms with Gasteiger partial charge in [-0.25, -0.2) is 9.97 Å². The van der Waals surface area contributed by atoms with Gasteiger partial charge in [0.05, 0.1) is 6.42 Å². The first kappa shape index (κ1) is 19.2. The zero-order valence-electron chi connectivity index (χ0n) is 15.6. The number of nitrogens with zero attached hydrogens (tertiary/aromatic N) is 4. The molecule has 1 saturated heterocycles. The molecule has 3 aromatic rings. The Labute approximate surface area is 165 Å². The number of benzene rings is 2. The third-order valence-electron chi connectivity index (χ3n) is 5.12. The van der Waals surface area contributed by atoms with E-state index in [4.69, 9.17) is 0 Å². The number of hydrogen-bond acceptors (Lipinski definition) is 4. The predicted molar refractivity (Wildman–Crippen MR) is 103 cm³/mol. The topological polar surface area (TPSA) is 49.3 Å². The Balaban J connectivity index is 1.41. The number of alkyl halides is 3. The molecular weight excluding hydrogens is 381 g/mol. The van der Waals surface area contributed by atoms with Crippen molar-refractivity contribution in [2.24, 2.45) is 0 Å². The number of carbonyl (C=O) groups is 1. The monoisotopic (exact) mass is 400 g/mol. The molecule has 5 nitrogen and oxygen atoms in total. The van der Waals surface area contributed by atoms with E-state index in [1.165, 1.54) is 0 Å². The van der Waals surface area contributed by atoms with Crippen LogP contribution in [-0.4, -0.2) is 47.0 Å². The maximum Gasteiger partial charge on any atom is 0.433 e. The molecule has 2 aromatic carbocycles. The minimum absolute atomic E-state index is 0.0136. The van der Waals surface area contributed by atoms with E-state index in [0.29, 0.717) is 32.6 Å². The summed E-state index contributed by atoms with van der Waals surface area (Å²) >= 11 is 0. The van der Waals surface area contributed by atoms with Crippen molar-refractivity contribution in [3.05, 3.63) is 66.1 Å². The van der Waals surface area contributed by atoms with E-state index in [1.54, 1.807) is 9.80 Å². The van der Waals surface area contributed by atoms with Gasteiger partial charge >= 0.3 is 6.18 Å². The summed E-state index contributed by atoms with van der Waals surface area (Å²) in [5.41, 5.74) is 0.0121. The molecule has 0 atom stereocenters. The van der Waals surface area contributed by atoms with Crippen molar-refractivity contribution in [1.82, 2.24) is 14.9 Å². The summed E-state index contributed by atoms with van der Waals surface area (Å²) in [6.07, 6.45) is -3.28. The van der Waals surface area contributed by atoms with Crippen molar-refractivity contribution < 1.29 is 18.0 Å². The third kappa shape index (κ3) is 4.16. The van der Waals surface area contributed by atoms with Crippen LogP contribution in [0.25, 0.3) is 10.8 Å². The summed E-state index contributed by atoms with van der Waals surface area (Å²) in [6, 6.07) is 14.8. The van der Waals surface area contributed by atoms with Crippen LogP contribution < -0.4 is 4.90 Å². The van der Waals surface area contributed by atoms with Crippen LogP contribution in [0.5, 0.6) is 0 Å². The lowest BCUT2D eigenvalue weighted by atomic mass is 10.0. The van der Waals surface area contributed by atoms with Gasteiger partial charge in [0.15, 0.2) is 0 Å². The van der Waals surface area contributed by atoms with E-state index in [2.05, 4.69) is 9.97 Å². The second kappa shape index (κ2) is 7.69. The van der Waals surface area contributed by atoms with Crippen molar-refractivity contribution in [2.75, 3.05) is 31.1 Å². The number of hydrogen-bond donors (Lipinski definition) is 0. The van der Waals surface area contributed by atoms with E-state index in [1.807, 2.05) is 42.5 Å². The Morgan fingerprint density at radius 3 is 2.45 bits per heavy atom. The Morgan fingerprint density at radius 2 is 1.69 bits per heavy atom. The molecular formula is C21H19F3N4O. The first-order chi connectivity index (χ1) is 13.9. The summed E-state index contributed by atoms with van der Waals surface area (Å²) in [6.45, 7) is 1.73. The van der Waals surface area contributed by atoms with Gasteiger partial charge in [-0.1, -0.05) is 42.5 Å². The van der Waals surface area contributed by atoms with Crippen molar-refractivity contribution in [3.8, 4) is 0 Å². The van der Waals surface area contributed by atoms with Crippen LogP contribution in [0.2, 0.25) is 0 Å². The highest BCUT2D eigenvalue weighted by molar-refractivity contribution is 5.90. The molecule has 1 aliphatic rings. The van der Waals surface area contributed by atoms with Crippen LogP contribution in [0.1, 0.15) is 11.3 Å². The molecule has 1 fully saturated rings. The van der Waals surface area contributed by atoms with Crippen LogP contribution in [0.15, 0.2) is 54.9 Å². The van der Waals surface area contributed by atoms with Crippen LogP contribution in [0.3, 0.4) is 0 Å². The Morgan fingerprint density at radius 1 is 0.966 bits per heavy atom. The lowest BCUT2D eigenvalue weighted by Crippen LogP contribution is -2.49. The van der Waals surface area contributed by atoms with E-state index >= 15 is 0 Å². The van der Waals surface area contributed by atoms with E-state index in [-0.39, 0.29) is 11.7 Å². The Hall–Kier alpha value is -3.16. The highest BCUT2D eigenvalue weighted by Crippen LogP contribution is 2.29. The van der Waals surface area contributed by atoms with Crippen molar-refractivity contribution in [2.45, 2.75) is 12.6 Å². The van der Waals surface area contributed by atoms with Gasteiger partial charge in [0, 0.05) is 32.2 Å². The minimum atomic E-state index is -4.51. The molecule has 2 heterocycles. The molecule has 29 heavy (non-hydrogen) atoms. The highest BCUT2D eigenvalue weighted by atomic mass is 19.4. The van der Waals surface area contributed by atoms with Crippen LogP contribution in [0, 0.1) is 0 Å². The third-order valence-corrected chi connectivity index (χ3v) is 5.12. The summed E-state index contributed by atoms with van der Waals surface area (Å²) in [7, 11) is 0. The summed E-state index contributed by atoms with van der Waals surface area (Å²) in [5.74, 6) is 0.244. The number of carbonyl (C=O) groups excluding carboxylic acids is 1. The fraction of sp³-hybridized carbons (Fsp3) is 0.286. The number of halogens is 3. The van der Waals surface area contributed by atoms with E-state index in [9.17, 15) is 18.0 Å². The standard InChI is InChI=1S/C21H19F3N4O/c22-21(23,24)18-13-19(26-14-25-18)27-8-10-28(11-9-27)20(29)12-16-6-3-5-15-4-1-2-7-17(15)16/h1-7,13-14H,8-12H2. The molecule has 8 heteroatoms. The summed E-state index contributed by atoms with van der Waals surface area (Å²) in [5, 5.41) is 2.15. The zero-order chi connectivity index (χ0) is 20.4. The summed E-state index contributed by atoms with van der Waals surface area (Å²) < 4.78 is 38.6.